The van der Waals surface area contributed by atoms with Crippen molar-refractivity contribution in [3.63, 3.8) is 0 Å². The number of unbranched alkanes of at least 4 members (excludes halogenated alkanes) is 2. The molecule has 2 bridgehead atoms. The number of carbonyl (C=O) groups is 3. The van der Waals surface area contributed by atoms with Gasteiger partial charge in [0.25, 0.3) is 5.91 Å². The van der Waals surface area contributed by atoms with E-state index in [4.69, 9.17) is 9.47 Å². The fourth-order valence-corrected chi connectivity index (χ4v) is 7.63. The first kappa shape index (κ1) is 32.0. The third-order valence-electron chi connectivity index (χ3n) is 9.88. The van der Waals surface area contributed by atoms with Gasteiger partial charge in [0.1, 0.15) is 17.6 Å². The van der Waals surface area contributed by atoms with E-state index in [1.54, 1.807) is 15.9 Å². The molecule has 42 heavy (non-hydrogen) atoms. The minimum Gasteiger partial charge on any atom is -0.465 e. The van der Waals surface area contributed by atoms with Crippen LogP contribution in [0.25, 0.3) is 0 Å². The van der Waals surface area contributed by atoms with Crippen molar-refractivity contribution in [2.24, 2.45) is 17.8 Å². The highest BCUT2D eigenvalue weighted by Gasteiger charge is 2.79. The molecule has 8 nitrogen and oxygen atoms in total. The van der Waals surface area contributed by atoms with Crippen LogP contribution in [0.5, 0.6) is 0 Å². The molecule has 1 aromatic carbocycles. The lowest BCUT2D eigenvalue weighted by Gasteiger charge is -2.41. The summed E-state index contributed by atoms with van der Waals surface area (Å²) in [4.78, 5) is 46.4. The molecule has 2 unspecified atom stereocenters. The lowest BCUT2D eigenvalue weighted by atomic mass is 9.66. The number of ether oxygens (including phenoxy) is 2. The van der Waals surface area contributed by atoms with Crippen LogP contribution in [0.15, 0.2) is 43.5 Å². The minimum atomic E-state index is -1.20. The smallest absolute Gasteiger partial charge is 0.312 e. The van der Waals surface area contributed by atoms with Gasteiger partial charge in [-0.1, -0.05) is 50.6 Å². The molecule has 0 aromatic heterocycles. The molecule has 2 amide bonds. The van der Waals surface area contributed by atoms with E-state index < -0.39 is 41.1 Å². The van der Waals surface area contributed by atoms with Gasteiger partial charge in [-0.2, -0.15) is 0 Å². The van der Waals surface area contributed by atoms with Crippen molar-refractivity contribution in [2.75, 3.05) is 24.7 Å². The maximum absolute atomic E-state index is 14.9. The molecule has 8 heteroatoms. The number of amides is 2. The molecule has 0 radical (unpaired) electrons. The molecule has 4 rings (SSSR count). The molecule has 3 saturated heterocycles. The first-order valence-corrected chi connectivity index (χ1v) is 15.4. The predicted molar refractivity (Wildman–Crippen MR) is 163 cm³/mol. The monoisotopic (exact) mass is 580 g/mol. The van der Waals surface area contributed by atoms with Crippen molar-refractivity contribution in [2.45, 2.75) is 96.4 Å². The maximum Gasteiger partial charge on any atom is 0.312 e. The SMILES string of the molecule is C=CCCCCOC(=O)[C@@H]1[C@H]2C(=O)N([C@@H](CO)[C@@H](C)CC)C(C(=O)N(CC=C)c3c(C)cccc3C)C23CC[C@@]1(C)O3. The average molecular weight is 581 g/mol. The number of anilines is 1. The van der Waals surface area contributed by atoms with Crippen LogP contribution in [0.2, 0.25) is 0 Å². The van der Waals surface area contributed by atoms with Crippen LogP contribution in [0, 0.1) is 31.6 Å². The number of fused-ring (bicyclic) bond motifs is 1. The van der Waals surface area contributed by atoms with Gasteiger partial charge < -0.3 is 24.4 Å². The Morgan fingerprint density at radius 1 is 1.21 bits per heavy atom. The summed E-state index contributed by atoms with van der Waals surface area (Å²) < 4.78 is 12.5. The predicted octanol–water partition coefficient (Wildman–Crippen LogP) is 4.89. The molecule has 7 atom stereocenters. The Labute approximate surface area is 250 Å². The van der Waals surface area contributed by atoms with Crippen molar-refractivity contribution in [1.82, 2.24) is 4.90 Å². The van der Waals surface area contributed by atoms with Crippen LogP contribution in [-0.2, 0) is 23.9 Å². The van der Waals surface area contributed by atoms with E-state index in [9.17, 15) is 19.5 Å². The number of aryl methyl sites for hydroxylation is 2. The van der Waals surface area contributed by atoms with Gasteiger partial charge in [-0.15, -0.1) is 13.2 Å². The van der Waals surface area contributed by atoms with Gasteiger partial charge in [0, 0.05) is 12.2 Å². The van der Waals surface area contributed by atoms with Gasteiger partial charge >= 0.3 is 5.97 Å². The number of esters is 1. The molecule has 0 aliphatic carbocycles. The van der Waals surface area contributed by atoms with Gasteiger partial charge in [0.15, 0.2) is 0 Å². The fraction of sp³-hybridized carbons (Fsp3) is 0.618. The van der Waals surface area contributed by atoms with Crippen molar-refractivity contribution >= 4 is 23.5 Å². The highest BCUT2D eigenvalue weighted by Crippen LogP contribution is 2.64. The van der Waals surface area contributed by atoms with E-state index in [-0.39, 0.29) is 37.5 Å². The molecular formula is C34H48N2O6. The lowest BCUT2D eigenvalue weighted by molar-refractivity contribution is -0.161. The summed E-state index contributed by atoms with van der Waals surface area (Å²) in [6.45, 7) is 17.6. The van der Waals surface area contributed by atoms with Crippen LogP contribution in [-0.4, -0.2) is 70.8 Å². The van der Waals surface area contributed by atoms with Gasteiger partial charge in [0.05, 0.1) is 30.8 Å². The molecule has 3 heterocycles. The highest BCUT2D eigenvalue weighted by atomic mass is 16.6. The van der Waals surface area contributed by atoms with Crippen LogP contribution >= 0.6 is 0 Å². The number of aliphatic hydroxyl groups excluding tert-OH is 1. The minimum absolute atomic E-state index is 0.0828. The van der Waals surface area contributed by atoms with Gasteiger partial charge in [0.2, 0.25) is 5.91 Å². The zero-order valence-corrected chi connectivity index (χ0v) is 25.9. The summed E-state index contributed by atoms with van der Waals surface area (Å²) in [6, 6.07) is 4.25. The van der Waals surface area contributed by atoms with Crippen LogP contribution in [0.3, 0.4) is 0 Å². The second-order valence-corrected chi connectivity index (χ2v) is 12.5. The third kappa shape index (κ3) is 5.21. The topological polar surface area (TPSA) is 96.4 Å². The molecule has 1 aromatic rings. The van der Waals surface area contributed by atoms with E-state index in [2.05, 4.69) is 13.2 Å². The number of likely N-dealkylation sites (tertiary alicyclic amines) is 1. The van der Waals surface area contributed by atoms with Crippen molar-refractivity contribution in [3.05, 3.63) is 54.6 Å². The van der Waals surface area contributed by atoms with E-state index in [1.165, 1.54) is 0 Å². The van der Waals surface area contributed by atoms with Crippen molar-refractivity contribution in [3.8, 4) is 0 Å². The highest BCUT2D eigenvalue weighted by molar-refractivity contribution is 6.05. The Bertz CT molecular complexity index is 1190. The number of benzene rings is 1. The lowest BCUT2D eigenvalue weighted by Crippen LogP contribution is -2.60. The van der Waals surface area contributed by atoms with Crippen molar-refractivity contribution in [1.29, 1.82) is 0 Å². The zero-order chi connectivity index (χ0) is 30.8. The van der Waals surface area contributed by atoms with Crippen LogP contribution < -0.4 is 4.90 Å². The number of aliphatic hydroxyl groups is 1. The first-order valence-electron chi connectivity index (χ1n) is 15.4. The van der Waals surface area contributed by atoms with Gasteiger partial charge in [-0.25, -0.2) is 0 Å². The summed E-state index contributed by atoms with van der Waals surface area (Å²) in [7, 11) is 0. The standard InChI is InChI=1S/C34H48N2O6/c1-8-11-12-13-20-41-32(40)27-26-30(38)36(25(21-37)22(4)10-3)29(34(26)18-17-33(27,7)42-34)31(39)35(19-9-2)28-23(5)15-14-16-24(28)6/h8-9,14-16,22,25-27,29,37H,1-2,10-13,17-21H2,3-7H3/t22-,25-,26-,27-,29?,33+,34?/m0/s1. The molecular weight excluding hydrogens is 532 g/mol. The molecule has 230 valence electrons. The Morgan fingerprint density at radius 3 is 2.50 bits per heavy atom. The molecule has 3 aliphatic rings. The normalized spacial score (nSPS) is 29.2. The van der Waals surface area contributed by atoms with E-state index >= 15 is 0 Å². The van der Waals surface area contributed by atoms with Gasteiger partial charge in [-0.05, 0) is 69.9 Å². The number of rotatable bonds is 14. The summed E-state index contributed by atoms with van der Waals surface area (Å²) in [5.41, 5.74) is 0.505. The summed E-state index contributed by atoms with van der Waals surface area (Å²) in [5, 5.41) is 10.6. The van der Waals surface area contributed by atoms with E-state index in [0.717, 1.165) is 29.7 Å². The fourth-order valence-electron chi connectivity index (χ4n) is 7.63. The quantitative estimate of drug-likeness (QED) is 0.191. The summed E-state index contributed by atoms with van der Waals surface area (Å²) >= 11 is 0. The van der Waals surface area contributed by atoms with Crippen LogP contribution in [0.4, 0.5) is 5.69 Å². The molecule has 1 N–H and O–H groups in total. The Balaban J connectivity index is 1.80. The molecule has 3 aliphatic heterocycles. The Morgan fingerprint density at radius 2 is 1.90 bits per heavy atom. The van der Waals surface area contributed by atoms with Crippen LogP contribution in [0.1, 0.15) is 70.4 Å². The maximum atomic E-state index is 14.9. The first-order chi connectivity index (χ1) is 20.0. The Kier molecular flexibility index (Phi) is 9.68. The number of hydrogen-bond acceptors (Lipinski definition) is 6. The third-order valence-corrected chi connectivity index (χ3v) is 9.88. The molecule has 3 fully saturated rings. The summed E-state index contributed by atoms with van der Waals surface area (Å²) in [5.74, 6) is -2.83. The number of nitrogens with zero attached hydrogens (tertiary/aromatic N) is 2. The number of allylic oxidation sites excluding steroid dienone is 1. The number of para-hydroxylation sites is 1. The van der Waals surface area contributed by atoms with Crippen molar-refractivity contribution < 1.29 is 29.0 Å². The Hall–Kier alpha value is -2.97. The second kappa shape index (κ2) is 12.7. The van der Waals surface area contributed by atoms with Gasteiger partial charge in [-0.3, -0.25) is 14.4 Å². The zero-order valence-electron chi connectivity index (χ0n) is 25.9. The largest absolute Gasteiger partial charge is 0.465 e. The van der Waals surface area contributed by atoms with E-state index in [1.807, 2.05) is 58.9 Å². The summed E-state index contributed by atoms with van der Waals surface area (Å²) in [6.07, 6.45) is 7.61. The number of hydrogen-bond donors (Lipinski definition) is 1. The second-order valence-electron chi connectivity index (χ2n) is 12.5. The molecule has 1 spiro atoms. The molecule has 0 saturated carbocycles. The average Bonchev–Trinajstić information content (AvgIpc) is 3.53. The van der Waals surface area contributed by atoms with E-state index in [0.29, 0.717) is 25.7 Å². The number of carbonyl (C=O) groups excluding carboxylic acids is 3.